The van der Waals surface area contributed by atoms with Gasteiger partial charge in [0.1, 0.15) is 11.1 Å². The monoisotopic (exact) mass is 341 g/mol. The molecule has 1 heterocycles. The molecule has 0 spiro atoms. The highest BCUT2D eigenvalue weighted by atomic mass is 32.1. The summed E-state index contributed by atoms with van der Waals surface area (Å²) in [6, 6.07) is 7.76. The van der Waals surface area contributed by atoms with E-state index in [1.807, 2.05) is 0 Å². The number of nitrogens with one attached hydrogen (secondary N) is 1. The molecular weight excluding hydrogens is 326 g/mol. The van der Waals surface area contributed by atoms with Crippen LogP contribution in [0.5, 0.6) is 0 Å². The summed E-state index contributed by atoms with van der Waals surface area (Å²) in [7, 11) is 0. The van der Waals surface area contributed by atoms with Crippen LogP contribution in [0.4, 0.5) is 10.7 Å². The van der Waals surface area contributed by atoms with Crippen LogP contribution in [0.1, 0.15) is 39.7 Å². The third-order valence-corrected chi connectivity index (χ3v) is 5.37. The van der Waals surface area contributed by atoms with E-state index in [9.17, 15) is 20.2 Å². The number of nitro benzene ring substituents is 1. The fraction of sp³-hybridized carbons (Fsp3) is 0.294. The Bertz CT molecular complexity index is 866. The molecule has 1 aromatic carbocycles. The van der Waals surface area contributed by atoms with Gasteiger partial charge in [0.15, 0.2) is 0 Å². The minimum absolute atomic E-state index is 0.137. The standard InChI is InChI=1S/C17H15N3O3S/c1-10-5-6-15-13(7-10)14(9-18)17(24-15)19-16(21)11-3-2-4-12(8-11)20(22)23/h2-4,8,10H,5-7H2,1H3,(H,19,21). The van der Waals surface area contributed by atoms with Crippen LogP contribution in [0.2, 0.25) is 0 Å². The second kappa shape index (κ2) is 6.42. The summed E-state index contributed by atoms with van der Waals surface area (Å²) < 4.78 is 0. The van der Waals surface area contributed by atoms with Crippen molar-refractivity contribution in [2.45, 2.75) is 26.2 Å². The zero-order valence-electron chi connectivity index (χ0n) is 13.0. The number of nitro groups is 1. The van der Waals surface area contributed by atoms with Crippen LogP contribution < -0.4 is 5.32 Å². The van der Waals surface area contributed by atoms with Crippen molar-refractivity contribution in [3.8, 4) is 6.07 Å². The fourth-order valence-corrected chi connectivity index (χ4v) is 4.09. The fourth-order valence-electron chi connectivity index (χ4n) is 2.90. The molecule has 1 N–H and O–H groups in total. The lowest BCUT2D eigenvalue weighted by Gasteiger charge is -2.17. The number of aryl methyl sites for hydroxylation is 1. The van der Waals surface area contributed by atoms with Crippen molar-refractivity contribution in [3.63, 3.8) is 0 Å². The number of benzene rings is 1. The molecule has 122 valence electrons. The van der Waals surface area contributed by atoms with E-state index in [4.69, 9.17) is 0 Å². The number of thiophene rings is 1. The molecule has 0 saturated carbocycles. The first-order valence-corrected chi connectivity index (χ1v) is 8.41. The zero-order valence-corrected chi connectivity index (χ0v) is 13.9. The van der Waals surface area contributed by atoms with Gasteiger partial charge in [0.2, 0.25) is 0 Å². The van der Waals surface area contributed by atoms with Crippen molar-refractivity contribution in [1.29, 1.82) is 5.26 Å². The molecule has 1 unspecified atom stereocenters. The van der Waals surface area contributed by atoms with E-state index in [0.29, 0.717) is 16.5 Å². The first kappa shape index (κ1) is 16.1. The van der Waals surface area contributed by atoms with Crippen molar-refractivity contribution in [1.82, 2.24) is 0 Å². The highest BCUT2D eigenvalue weighted by Crippen LogP contribution is 2.39. The number of fused-ring (bicyclic) bond motifs is 1. The number of rotatable bonds is 3. The van der Waals surface area contributed by atoms with Gasteiger partial charge >= 0.3 is 0 Å². The summed E-state index contributed by atoms with van der Waals surface area (Å²) in [4.78, 5) is 23.8. The normalized spacial score (nSPS) is 16.1. The smallest absolute Gasteiger partial charge is 0.270 e. The highest BCUT2D eigenvalue weighted by molar-refractivity contribution is 7.16. The Morgan fingerprint density at radius 1 is 1.50 bits per heavy atom. The Labute approximate surface area is 142 Å². The number of carbonyl (C=O) groups excluding carboxylic acids is 1. The number of carbonyl (C=O) groups is 1. The molecule has 0 radical (unpaired) electrons. The minimum Gasteiger partial charge on any atom is -0.312 e. The molecule has 1 aliphatic rings. The lowest BCUT2D eigenvalue weighted by molar-refractivity contribution is -0.384. The largest absolute Gasteiger partial charge is 0.312 e. The summed E-state index contributed by atoms with van der Waals surface area (Å²) in [6.45, 7) is 2.16. The van der Waals surface area contributed by atoms with Crippen molar-refractivity contribution in [3.05, 3.63) is 55.9 Å². The van der Waals surface area contributed by atoms with Crippen molar-refractivity contribution in [2.24, 2.45) is 5.92 Å². The molecule has 1 amide bonds. The maximum Gasteiger partial charge on any atom is 0.270 e. The van der Waals surface area contributed by atoms with Crippen molar-refractivity contribution in [2.75, 3.05) is 5.32 Å². The van der Waals surface area contributed by atoms with Gasteiger partial charge in [-0.15, -0.1) is 11.3 Å². The third-order valence-electron chi connectivity index (χ3n) is 4.17. The van der Waals surface area contributed by atoms with E-state index < -0.39 is 10.8 Å². The second-order valence-corrected chi connectivity index (χ2v) is 7.03. The quantitative estimate of drug-likeness (QED) is 0.676. The molecule has 3 rings (SSSR count). The summed E-state index contributed by atoms with van der Waals surface area (Å²) in [6.07, 6.45) is 2.85. The van der Waals surface area contributed by atoms with E-state index in [1.165, 1.54) is 35.6 Å². The first-order valence-electron chi connectivity index (χ1n) is 7.60. The van der Waals surface area contributed by atoms with Crippen LogP contribution in [-0.4, -0.2) is 10.8 Å². The molecule has 1 aromatic heterocycles. The van der Waals surface area contributed by atoms with Gasteiger partial charge in [-0.2, -0.15) is 5.26 Å². The Hall–Kier alpha value is -2.72. The summed E-state index contributed by atoms with van der Waals surface area (Å²) in [5.41, 5.74) is 1.63. The lowest BCUT2D eigenvalue weighted by Crippen LogP contribution is -2.12. The number of hydrogen-bond donors (Lipinski definition) is 1. The molecule has 0 fully saturated rings. The molecular formula is C17H15N3O3S. The SMILES string of the molecule is CC1CCc2sc(NC(=O)c3cccc([N+](=O)[O-])c3)c(C#N)c2C1. The number of nitrogens with zero attached hydrogens (tertiary/aromatic N) is 2. The van der Waals surface area contributed by atoms with E-state index in [1.54, 1.807) is 0 Å². The maximum atomic E-state index is 12.4. The molecule has 7 heteroatoms. The molecule has 2 aromatic rings. The molecule has 0 bridgehead atoms. The van der Waals surface area contributed by atoms with Gasteiger partial charge in [-0.3, -0.25) is 14.9 Å². The Morgan fingerprint density at radius 3 is 3.00 bits per heavy atom. The van der Waals surface area contributed by atoms with Gasteiger partial charge in [-0.1, -0.05) is 13.0 Å². The molecule has 0 aliphatic heterocycles. The van der Waals surface area contributed by atoms with E-state index >= 15 is 0 Å². The predicted octanol–water partition coefficient (Wildman–Crippen LogP) is 3.91. The predicted molar refractivity (Wildman–Crippen MR) is 91.3 cm³/mol. The lowest BCUT2D eigenvalue weighted by atomic mass is 9.88. The maximum absolute atomic E-state index is 12.4. The first-order chi connectivity index (χ1) is 11.5. The van der Waals surface area contributed by atoms with Crippen LogP contribution in [0, 0.1) is 27.4 Å². The molecule has 6 nitrogen and oxygen atoms in total. The number of hydrogen-bond acceptors (Lipinski definition) is 5. The summed E-state index contributed by atoms with van der Waals surface area (Å²) in [5.74, 6) is 0.0846. The van der Waals surface area contributed by atoms with Gasteiger partial charge in [-0.25, -0.2) is 0 Å². The minimum atomic E-state index is -0.539. The number of amides is 1. The topological polar surface area (TPSA) is 96.0 Å². The molecule has 1 aliphatic carbocycles. The summed E-state index contributed by atoms with van der Waals surface area (Å²) in [5, 5.41) is 23.6. The Kier molecular flexibility index (Phi) is 4.32. The van der Waals surface area contributed by atoms with Crippen LogP contribution >= 0.6 is 11.3 Å². The van der Waals surface area contributed by atoms with E-state index in [2.05, 4.69) is 18.3 Å². The van der Waals surface area contributed by atoms with Crippen LogP contribution in [-0.2, 0) is 12.8 Å². The van der Waals surface area contributed by atoms with Gasteiger partial charge in [0, 0.05) is 22.6 Å². The van der Waals surface area contributed by atoms with Gasteiger partial charge in [0.05, 0.1) is 10.5 Å². The Balaban J connectivity index is 1.89. The molecule has 0 saturated heterocycles. The van der Waals surface area contributed by atoms with E-state index in [-0.39, 0.29) is 11.3 Å². The van der Waals surface area contributed by atoms with Gasteiger partial charge in [-0.05, 0) is 36.8 Å². The summed E-state index contributed by atoms with van der Waals surface area (Å²) >= 11 is 1.43. The van der Waals surface area contributed by atoms with Crippen molar-refractivity contribution >= 4 is 27.9 Å². The number of non-ortho nitro benzene ring substituents is 1. The van der Waals surface area contributed by atoms with Gasteiger partial charge < -0.3 is 5.32 Å². The Morgan fingerprint density at radius 2 is 2.29 bits per heavy atom. The van der Waals surface area contributed by atoms with Gasteiger partial charge in [0.25, 0.3) is 11.6 Å². The number of anilines is 1. The molecule has 24 heavy (non-hydrogen) atoms. The zero-order chi connectivity index (χ0) is 17.3. The van der Waals surface area contributed by atoms with Crippen LogP contribution in [0.25, 0.3) is 0 Å². The molecule has 1 atom stereocenters. The average molecular weight is 341 g/mol. The average Bonchev–Trinajstić information content (AvgIpc) is 2.91. The van der Waals surface area contributed by atoms with Crippen molar-refractivity contribution < 1.29 is 9.72 Å². The second-order valence-electron chi connectivity index (χ2n) is 5.93. The number of nitriles is 1. The third kappa shape index (κ3) is 3.01. The van der Waals surface area contributed by atoms with E-state index in [0.717, 1.165) is 29.7 Å². The van der Waals surface area contributed by atoms with Crippen LogP contribution in [0.3, 0.4) is 0 Å². The highest BCUT2D eigenvalue weighted by Gasteiger charge is 2.25. The van der Waals surface area contributed by atoms with Crippen LogP contribution in [0.15, 0.2) is 24.3 Å².